The lowest BCUT2D eigenvalue weighted by molar-refractivity contribution is 0.0943. The Bertz CT molecular complexity index is 798. The Morgan fingerprint density at radius 2 is 1.79 bits per heavy atom. The molecule has 1 aromatic heterocycles. The van der Waals surface area contributed by atoms with Gasteiger partial charge >= 0.3 is 0 Å². The van der Waals surface area contributed by atoms with Crippen LogP contribution in [-0.4, -0.2) is 52.5 Å². The van der Waals surface area contributed by atoms with Gasteiger partial charge in [0, 0.05) is 41.9 Å². The number of aromatic nitrogens is 2. The normalized spacial score (nSPS) is 16.4. The summed E-state index contributed by atoms with van der Waals surface area (Å²) in [5, 5.41) is 6.67. The molecule has 1 fully saturated rings. The van der Waals surface area contributed by atoms with Crippen LogP contribution in [0.25, 0.3) is 0 Å². The van der Waals surface area contributed by atoms with Crippen LogP contribution in [0, 0.1) is 13.8 Å². The summed E-state index contributed by atoms with van der Waals surface area (Å²) in [7, 11) is 0. The number of likely N-dealkylation sites (tertiary alicyclic amines) is 1. The van der Waals surface area contributed by atoms with Crippen molar-refractivity contribution in [1.29, 1.82) is 0 Å². The minimum Gasteiger partial charge on any atom is -0.382 e. The second kappa shape index (κ2) is 10.2. The van der Waals surface area contributed by atoms with Crippen molar-refractivity contribution in [2.45, 2.75) is 52.1 Å². The van der Waals surface area contributed by atoms with Crippen LogP contribution >= 0.6 is 15.9 Å². The second-order valence-electron chi connectivity index (χ2n) is 7.77. The highest BCUT2D eigenvalue weighted by atomic mass is 79.9. The van der Waals surface area contributed by atoms with Crippen LogP contribution in [0.1, 0.15) is 47.9 Å². The zero-order chi connectivity index (χ0) is 20.8. The van der Waals surface area contributed by atoms with E-state index < -0.39 is 0 Å². The number of aryl methyl sites for hydroxylation is 2. The lowest BCUT2D eigenvalue weighted by Crippen LogP contribution is -2.44. The van der Waals surface area contributed by atoms with Gasteiger partial charge in [-0.05, 0) is 64.3 Å². The zero-order valence-corrected chi connectivity index (χ0v) is 19.0. The van der Waals surface area contributed by atoms with Crippen LogP contribution in [-0.2, 0) is 0 Å². The molecule has 1 saturated heterocycles. The molecule has 0 saturated carbocycles. The molecule has 0 radical (unpaired) electrons. The van der Waals surface area contributed by atoms with Gasteiger partial charge in [0.05, 0.1) is 17.0 Å². The molecule has 7 heteroatoms. The van der Waals surface area contributed by atoms with E-state index in [1.54, 1.807) is 0 Å². The van der Waals surface area contributed by atoms with Crippen LogP contribution < -0.4 is 10.6 Å². The molecule has 3 rings (SSSR count). The van der Waals surface area contributed by atoms with Gasteiger partial charge in [0.1, 0.15) is 6.33 Å². The first-order valence-corrected chi connectivity index (χ1v) is 11.1. The smallest absolute Gasteiger partial charge is 0.254 e. The van der Waals surface area contributed by atoms with Gasteiger partial charge in [-0.25, -0.2) is 9.97 Å². The van der Waals surface area contributed by atoms with E-state index in [2.05, 4.69) is 72.6 Å². The Morgan fingerprint density at radius 1 is 1.17 bits per heavy atom. The van der Waals surface area contributed by atoms with E-state index in [4.69, 9.17) is 0 Å². The first-order chi connectivity index (χ1) is 13.9. The molecule has 6 nitrogen and oxygen atoms in total. The van der Waals surface area contributed by atoms with Crippen molar-refractivity contribution in [3.05, 3.63) is 52.0 Å². The predicted octanol–water partition coefficient (Wildman–Crippen LogP) is 3.94. The number of carbonyl (C=O) groups excluding carboxylic acids is 1. The van der Waals surface area contributed by atoms with E-state index in [1.807, 2.05) is 13.8 Å². The Labute approximate surface area is 181 Å². The number of carbonyl (C=O) groups is 1. The van der Waals surface area contributed by atoms with Gasteiger partial charge in [-0.1, -0.05) is 15.9 Å². The lowest BCUT2D eigenvalue weighted by Gasteiger charge is -2.36. The fourth-order valence-electron chi connectivity index (χ4n) is 3.85. The van der Waals surface area contributed by atoms with Crippen molar-refractivity contribution in [2.75, 3.05) is 25.0 Å². The molecule has 0 unspecified atom stereocenters. The Morgan fingerprint density at radius 3 is 2.41 bits per heavy atom. The highest BCUT2D eigenvalue weighted by Crippen LogP contribution is 2.20. The average Bonchev–Trinajstić information content (AvgIpc) is 2.70. The quantitative estimate of drug-likeness (QED) is 0.655. The summed E-state index contributed by atoms with van der Waals surface area (Å²) >= 11 is 3.48. The second-order valence-corrected chi connectivity index (χ2v) is 8.69. The van der Waals surface area contributed by atoms with Crippen LogP contribution in [0.15, 0.2) is 35.1 Å². The maximum atomic E-state index is 12.5. The van der Waals surface area contributed by atoms with E-state index in [-0.39, 0.29) is 5.91 Å². The van der Waals surface area contributed by atoms with Crippen LogP contribution in [0.3, 0.4) is 0 Å². The Kier molecular flexibility index (Phi) is 7.61. The third kappa shape index (κ3) is 6.00. The van der Waals surface area contributed by atoms with Crippen molar-refractivity contribution in [1.82, 2.24) is 20.2 Å². The van der Waals surface area contributed by atoms with Gasteiger partial charge in [0.2, 0.25) is 0 Å². The first-order valence-electron chi connectivity index (χ1n) is 10.3. The van der Waals surface area contributed by atoms with E-state index in [0.29, 0.717) is 24.2 Å². The number of hydrogen-bond donors (Lipinski definition) is 2. The van der Waals surface area contributed by atoms with Crippen molar-refractivity contribution in [3.8, 4) is 0 Å². The predicted molar refractivity (Wildman–Crippen MR) is 120 cm³/mol. The third-order valence-electron chi connectivity index (χ3n) is 5.67. The molecule has 156 valence electrons. The molecular weight excluding hydrogens is 430 g/mol. The lowest BCUT2D eigenvalue weighted by atomic mass is 10.0. The van der Waals surface area contributed by atoms with Crippen LogP contribution in [0.2, 0.25) is 0 Å². The van der Waals surface area contributed by atoms with Gasteiger partial charge in [-0.3, -0.25) is 4.79 Å². The van der Waals surface area contributed by atoms with Gasteiger partial charge in [-0.15, -0.1) is 0 Å². The molecule has 2 N–H and O–H groups in total. The molecule has 1 aliphatic heterocycles. The molecule has 2 aromatic rings. The summed E-state index contributed by atoms with van der Waals surface area (Å²) in [5.41, 5.74) is 3.23. The third-order valence-corrected chi connectivity index (χ3v) is 6.20. The molecule has 2 heterocycles. The number of anilines is 1. The number of benzene rings is 1. The molecule has 0 spiro atoms. The zero-order valence-electron chi connectivity index (χ0n) is 17.4. The molecule has 1 amide bonds. The fourth-order valence-corrected chi connectivity index (χ4v) is 4.12. The SMILES string of the molecule is Cc1ncnc(C)c1C(=O)NCC[C@@H](C)N1CCC(Nc2ccc(Br)cc2)CC1. The molecule has 0 bridgehead atoms. The Hall–Kier alpha value is -1.99. The number of amides is 1. The number of halogens is 1. The monoisotopic (exact) mass is 459 g/mol. The minimum absolute atomic E-state index is 0.0785. The van der Waals surface area contributed by atoms with Gasteiger partial charge in [0.25, 0.3) is 5.91 Å². The summed E-state index contributed by atoms with van der Waals surface area (Å²) in [6, 6.07) is 9.32. The number of nitrogens with one attached hydrogen (secondary N) is 2. The summed E-state index contributed by atoms with van der Waals surface area (Å²) in [5.74, 6) is -0.0785. The maximum absolute atomic E-state index is 12.5. The summed E-state index contributed by atoms with van der Waals surface area (Å²) < 4.78 is 1.10. The topological polar surface area (TPSA) is 70.2 Å². The average molecular weight is 460 g/mol. The highest BCUT2D eigenvalue weighted by Gasteiger charge is 2.23. The number of hydrogen-bond acceptors (Lipinski definition) is 5. The fraction of sp³-hybridized carbons (Fsp3) is 0.500. The molecule has 29 heavy (non-hydrogen) atoms. The van der Waals surface area contributed by atoms with Crippen molar-refractivity contribution in [2.24, 2.45) is 0 Å². The summed E-state index contributed by atoms with van der Waals surface area (Å²) in [6.07, 6.45) is 4.69. The van der Waals surface area contributed by atoms with Crippen molar-refractivity contribution < 1.29 is 4.79 Å². The van der Waals surface area contributed by atoms with Crippen LogP contribution in [0.5, 0.6) is 0 Å². The van der Waals surface area contributed by atoms with E-state index in [1.165, 1.54) is 12.0 Å². The maximum Gasteiger partial charge on any atom is 0.254 e. The van der Waals surface area contributed by atoms with Crippen LogP contribution in [0.4, 0.5) is 5.69 Å². The number of rotatable bonds is 7. The van der Waals surface area contributed by atoms with Gasteiger partial charge in [0.15, 0.2) is 0 Å². The Balaban J connectivity index is 1.40. The first kappa shape index (κ1) is 21.7. The molecule has 0 aliphatic carbocycles. The molecule has 1 aliphatic rings. The number of piperidine rings is 1. The minimum atomic E-state index is -0.0785. The van der Waals surface area contributed by atoms with Gasteiger partial charge < -0.3 is 15.5 Å². The molecule has 1 aromatic carbocycles. The largest absolute Gasteiger partial charge is 0.382 e. The van der Waals surface area contributed by atoms with E-state index in [0.717, 1.165) is 48.2 Å². The molecule has 1 atom stereocenters. The number of nitrogens with zero attached hydrogens (tertiary/aromatic N) is 3. The highest BCUT2D eigenvalue weighted by molar-refractivity contribution is 9.10. The summed E-state index contributed by atoms with van der Waals surface area (Å²) in [4.78, 5) is 23.2. The van der Waals surface area contributed by atoms with E-state index >= 15 is 0 Å². The molecular formula is C22H30BrN5O. The summed E-state index contributed by atoms with van der Waals surface area (Å²) in [6.45, 7) is 8.75. The van der Waals surface area contributed by atoms with Crippen molar-refractivity contribution >= 4 is 27.5 Å². The standard InChI is InChI=1S/C22H30BrN5O/c1-15(8-11-24-22(29)21-16(2)25-14-26-17(21)3)28-12-9-20(10-13-28)27-19-6-4-18(23)5-7-19/h4-7,14-15,20,27H,8-13H2,1-3H3,(H,24,29)/t15-/m1/s1. The van der Waals surface area contributed by atoms with Crippen molar-refractivity contribution in [3.63, 3.8) is 0 Å². The van der Waals surface area contributed by atoms with E-state index in [9.17, 15) is 4.79 Å². The van der Waals surface area contributed by atoms with Gasteiger partial charge in [-0.2, -0.15) is 0 Å².